The molecule has 1 atom stereocenters. The lowest BCUT2D eigenvalue weighted by Gasteiger charge is -2.31. The van der Waals surface area contributed by atoms with Gasteiger partial charge >= 0.3 is 0 Å². The van der Waals surface area contributed by atoms with Gasteiger partial charge in [0.15, 0.2) is 0 Å². The quantitative estimate of drug-likeness (QED) is 0.850. The highest BCUT2D eigenvalue weighted by atomic mass is 35.5. The third kappa shape index (κ3) is 2.63. The minimum absolute atomic E-state index is 0. The van der Waals surface area contributed by atoms with Gasteiger partial charge in [0, 0.05) is 11.1 Å². The minimum Gasteiger partial charge on any atom is -0.324 e. The Hall–Kier alpha value is -0.310. The van der Waals surface area contributed by atoms with E-state index in [0.717, 1.165) is 18.4 Å². The third-order valence-corrected chi connectivity index (χ3v) is 3.31. The molecule has 1 nitrogen and oxygen atoms in total. The van der Waals surface area contributed by atoms with Crippen molar-refractivity contribution >= 4 is 24.0 Å². The van der Waals surface area contributed by atoms with Crippen LogP contribution >= 0.6 is 24.0 Å². The molecule has 2 N–H and O–H groups in total. The van der Waals surface area contributed by atoms with Gasteiger partial charge in [0.2, 0.25) is 0 Å². The van der Waals surface area contributed by atoms with Gasteiger partial charge in [-0.15, -0.1) is 12.4 Å². The molecule has 0 heterocycles. The smallest absolute Gasteiger partial charge is 0.124 e. The molecule has 2 rings (SSSR count). The predicted molar refractivity (Wildman–Crippen MR) is 62.9 cm³/mol. The van der Waals surface area contributed by atoms with E-state index in [9.17, 15) is 4.39 Å². The highest BCUT2D eigenvalue weighted by Gasteiger charge is 2.26. The fourth-order valence-electron chi connectivity index (χ4n) is 1.82. The van der Waals surface area contributed by atoms with Gasteiger partial charge in [-0.05, 0) is 36.5 Å². The normalized spacial score (nSPS) is 17.8. The van der Waals surface area contributed by atoms with Gasteiger partial charge in [0.1, 0.15) is 5.82 Å². The van der Waals surface area contributed by atoms with Crippen LogP contribution in [0.4, 0.5) is 4.39 Å². The largest absolute Gasteiger partial charge is 0.324 e. The maximum atomic E-state index is 12.8. The van der Waals surface area contributed by atoms with E-state index < -0.39 is 0 Å². The Balaban J connectivity index is 0.00000112. The third-order valence-electron chi connectivity index (χ3n) is 2.98. The van der Waals surface area contributed by atoms with Crippen LogP contribution in [0.5, 0.6) is 0 Å². The van der Waals surface area contributed by atoms with Gasteiger partial charge in [-0.3, -0.25) is 0 Å². The number of hydrogen-bond acceptors (Lipinski definition) is 1. The molecular formula is C11H14Cl2FN. The molecule has 0 aliphatic heterocycles. The summed E-state index contributed by atoms with van der Waals surface area (Å²) in [4.78, 5) is 0. The molecule has 1 aromatic rings. The zero-order valence-electron chi connectivity index (χ0n) is 8.25. The SMILES string of the molecule is Cl.N[C@H](c1ccc(F)cc1Cl)C1CCC1. The van der Waals surface area contributed by atoms with Gasteiger partial charge in [0.25, 0.3) is 0 Å². The molecule has 1 aromatic carbocycles. The fourth-order valence-corrected chi connectivity index (χ4v) is 2.12. The van der Waals surface area contributed by atoms with E-state index >= 15 is 0 Å². The summed E-state index contributed by atoms with van der Waals surface area (Å²) in [5, 5.41) is 0.449. The molecule has 0 spiro atoms. The van der Waals surface area contributed by atoms with Crippen LogP contribution in [0, 0.1) is 11.7 Å². The van der Waals surface area contributed by atoms with Crippen LogP contribution in [0.15, 0.2) is 18.2 Å². The van der Waals surface area contributed by atoms with Gasteiger partial charge < -0.3 is 5.73 Å². The Morgan fingerprint density at radius 1 is 1.40 bits per heavy atom. The average molecular weight is 250 g/mol. The monoisotopic (exact) mass is 249 g/mol. The standard InChI is InChI=1S/C11H13ClFN.ClH/c12-10-6-8(13)4-5-9(10)11(14)7-2-1-3-7;/h4-7,11H,1-3,14H2;1H/t11-;/m0./s1. The van der Waals surface area contributed by atoms with E-state index in [1.165, 1.54) is 18.6 Å². The topological polar surface area (TPSA) is 26.0 Å². The second-order valence-electron chi connectivity index (χ2n) is 3.88. The first kappa shape index (κ1) is 12.8. The lowest BCUT2D eigenvalue weighted by atomic mass is 9.77. The Morgan fingerprint density at radius 2 is 2.07 bits per heavy atom. The molecule has 15 heavy (non-hydrogen) atoms. The van der Waals surface area contributed by atoms with Crippen LogP contribution in [0.3, 0.4) is 0 Å². The summed E-state index contributed by atoms with van der Waals surface area (Å²) in [6, 6.07) is 4.41. The molecular weight excluding hydrogens is 236 g/mol. The number of rotatable bonds is 2. The first-order valence-electron chi connectivity index (χ1n) is 4.89. The van der Waals surface area contributed by atoms with Crippen molar-refractivity contribution in [1.29, 1.82) is 0 Å². The number of benzene rings is 1. The van der Waals surface area contributed by atoms with E-state index in [-0.39, 0.29) is 24.3 Å². The fraction of sp³-hybridized carbons (Fsp3) is 0.455. The summed E-state index contributed by atoms with van der Waals surface area (Å²) >= 11 is 5.93. The van der Waals surface area contributed by atoms with Gasteiger partial charge in [0.05, 0.1) is 0 Å². The highest BCUT2D eigenvalue weighted by molar-refractivity contribution is 6.31. The molecule has 1 fully saturated rings. The van der Waals surface area contributed by atoms with E-state index in [1.54, 1.807) is 6.07 Å². The molecule has 1 saturated carbocycles. The van der Waals surface area contributed by atoms with Crippen molar-refractivity contribution in [3.05, 3.63) is 34.6 Å². The van der Waals surface area contributed by atoms with Crippen molar-refractivity contribution in [1.82, 2.24) is 0 Å². The summed E-state index contributed by atoms with van der Waals surface area (Å²) < 4.78 is 12.8. The number of halogens is 3. The average Bonchev–Trinajstić information content (AvgIpc) is 2.00. The Morgan fingerprint density at radius 3 is 2.53 bits per heavy atom. The summed E-state index contributed by atoms with van der Waals surface area (Å²) in [6.45, 7) is 0. The van der Waals surface area contributed by atoms with E-state index in [4.69, 9.17) is 17.3 Å². The molecule has 0 bridgehead atoms. The summed E-state index contributed by atoms with van der Waals surface area (Å²) in [6.07, 6.45) is 3.57. The van der Waals surface area contributed by atoms with Crippen LogP contribution in [0.25, 0.3) is 0 Å². The summed E-state index contributed by atoms with van der Waals surface area (Å²) in [5.74, 6) is 0.220. The van der Waals surface area contributed by atoms with Crippen LogP contribution in [0.2, 0.25) is 5.02 Å². The van der Waals surface area contributed by atoms with Gasteiger partial charge in [-0.2, -0.15) is 0 Å². The van der Waals surface area contributed by atoms with Crippen LogP contribution in [0.1, 0.15) is 30.9 Å². The maximum absolute atomic E-state index is 12.8. The van der Waals surface area contributed by atoms with Crippen LogP contribution in [-0.2, 0) is 0 Å². The van der Waals surface area contributed by atoms with Crippen LogP contribution < -0.4 is 5.73 Å². The summed E-state index contributed by atoms with van der Waals surface area (Å²) in [7, 11) is 0. The van der Waals surface area contributed by atoms with Gasteiger partial charge in [-0.1, -0.05) is 24.1 Å². The maximum Gasteiger partial charge on any atom is 0.124 e. The highest BCUT2D eigenvalue weighted by Crippen LogP contribution is 2.38. The van der Waals surface area contributed by atoms with Crippen molar-refractivity contribution in [2.45, 2.75) is 25.3 Å². The van der Waals surface area contributed by atoms with Crippen molar-refractivity contribution in [2.24, 2.45) is 11.7 Å². The van der Waals surface area contributed by atoms with Crippen molar-refractivity contribution in [3.8, 4) is 0 Å². The Bertz CT molecular complexity index is 339. The molecule has 4 heteroatoms. The summed E-state index contributed by atoms with van der Waals surface area (Å²) in [5.41, 5.74) is 6.92. The van der Waals surface area contributed by atoms with Crippen molar-refractivity contribution in [3.63, 3.8) is 0 Å². The van der Waals surface area contributed by atoms with Gasteiger partial charge in [-0.25, -0.2) is 4.39 Å². The van der Waals surface area contributed by atoms with E-state index in [0.29, 0.717) is 10.9 Å². The lowest BCUT2D eigenvalue weighted by Crippen LogP contribution is -2.27. The zero-order valence-corrected chi connectivity index (χ0v) is 9.82. The number of nitrogens with two attached hydrogens (primary N) is 1. The molecule has 0 radical (unpaired) electrons. The Labute approximate surface area is 100 Å². The molecule has 0 saturated heterocycles. The molecule has 0 unspecified atom stereocenters. The van der Waals surface area contributed by atoms with Crippen molar-refractivity contribution < 1.29 is 4.39 Å². The Kier molecular flexibility index (Phi) is 4.38. The predicted octanol–water partition coefficient (Wildman–Crippen LogP) is 3.70. The number of hydrogen-bond donors (Lipinski definition) is 1. The molecule has 84 valence electrons. The molecule has 1 aliphatic carbocycles. The first-order valence-corrected chi connectivity index (χ1v) is 5.27. The minimum atomic E-state index is -0.306. The second-order valence-corrected chi connectivity index (χ2v) is 4.29. The lowest BCUT2D eigenvalue weighted by molar-refractivity contribution is 0.264. The molecule has 1 aliphatic rings. The van der Waals surface area contributed by atoms with E-state index in [1.807, 2.05) is 0 Å². The zero-order chi connectivity index (χ0) is 10.1. The first-order chi connectivity index (χ1) is 6.68. The van der Waals surface area contributed by atoms with Crippen molar-refractivity contribution in [2.75, 3.05) is 0 Å². The molecule has 0 aromatic heterocycles. The second kappa shape index (κ2) is 5.15. The van der Waals surface area contributed by atoms with Crippen LogP contribution in [-0.4, -0.2) is 0 Å². The van der Waals surface area contributed by atoms with E-state index in [2.05, 4.69) is 0 Å². The molecule has 0 amide bonds.